The molecular formula is C16H24N8O. The molecule has 2 aromatic rings. The molecule has 9 nitrogen and oxygen atoms in total. The molecule has 0 bridgehead atoms. The number of hydrogen-bond donors (Lipinski definition) is 4. The number of nitrogens with two attached hydrogens (primary N) is 1. The molecule has 0 atom stereocenters. The van der Waals surface area contributed by atoms with Crippen LogP contribution < -0.4 is 16.4 Å². The largest absolute Gasteiger partial charge is 0.384 e. The molecule has 0 spiro atoms. The van der Waals surface area contributed by atoms with Crippen LogP contribution in [-0.4, -0.2) is 43.6 Å². The number of nitrogens with one attached hydrogen (secondary N) is 3. The average Bonchev–Trinajstić information content (AvgIpc) is 3.01. The summed E-state index contributed by atoms with van der Waals surface area (Å²) >= 11 is 0. The molecule has 1 saturated carbocycles. The number of rotatable bonds is 6. The fourth-order valence-electron chi connectivity index (χ4n) is 3.07. The minimum Gasteiger partial charge on any atom is -0.384 e. The van der Waals surface area contributed by atoms with E-state index in [1.54, 1.807) is 12.3 Å². The molecule has 0 unspecified atom stereocenters. The quantitative estimate of drug-likeness (QED) is 0.609. The maximum Gasteiger partial charge on any atom is 0.224 e. The van der Waals surface area contributed by atoms with Gasteiger partial charge in [-0.25, -0.2) is 9.97 Å². The Morgan fingerprint density at radius 1 is 1.32 bits per heavy atom. The summed E-state index contributed by atoms with van der Waals surface area (Å²) in [6, 6.07) is 1.94. The molecule has 0 radical (unpaired) electrons. The van der Waals surface area contributed by atoms with Gasteiger partial charge in [-0.15, -0.1) is 0 Å². The van der Waals surface area contributed by atoms with E-state index in [2.05, 4.69) is 35.8 Å². The minimum atomic E-state index is 0.0636. The van der Waals surface area contributed by atoms with E-state index in [-0.39, 0.29) is 17.9 Å². The number of nitrogen functional groups attached to an aromatic ring is 1. The molecule has 1 amide bonds. The molecule has 2 heterocycles. The Hall–Kier alpha value is -2.71. The van der Waals surface area contributed by atoms with Crippen LogP contribution in [0.4, 0.5) is 11.8 Å². The van der Waals surface area contributed by atoms with Gasteiger partial charge in [-0.2, -0.15) is 10.1 Å². The Labute approximate surface area is 146 Å². The Bertz CT molecular complexity index is 708. The van der Waals surface area contributed by atoms with Gasteiger partial charge in [-0.3, -0.25) is 9.89 Å². The summed E-state index contributed by atoms with van der Waals surface area (Å²) in [5.41, 5.74) is 5.66. The van der Waals surface area contributed by atoms with Crippen molar-refractivity contribution in [2.45, 2.75) is 45.1 Å². The van der Waals surface area contributed by atoms with Crippen LogP contribution in [0.15, 0.2) is 12.3 Å². The third-order valence-electron chi connectivity index (χ3n) is 4.40. The number of amides is 1. The molecule has 5 N–H and O–H groups in total. The number of carbonyl (C=O) groups is 1. The molecule has 25 heavy (non-hydrogen) atoms. The van der Waals surface area contributed by atoms with Crippen LogP contribution in [0, 0.1) is 12.8 Å². The Morgan fingerprint density at radius 2 is 2.12 bits per heavy atom. The first kappa shape index (κ1) is 17.1. The molecule has 1 aliphatic rings. The van der Waals surface area contributed by atoms with Crippen molar-refractivity contribution in [3.05, 3.63) is 23.9 Å². The minimum absolute atomic E-state index is 0.0636. The van der Waals surface area contributed by atoms with Crippen molar-refractivity contribution in [3.8, 4) is 0 Å². The first-order valence-electron chi connectivity index (χ1n) is 8.61. The van der Waals surface area contributed by atoms with E-state index in [0.29, 0.717) is 24.7 Å². The Kier molecular flexibility index (Phi) is 5.42. The second-order valence-corrected chi connectivity index (χ2v) is 6.38. The number of aromatic amines is 1. The number of H-pyrrole nitrogens is 1. The topological polar surface area (TPSA) is 134 Å². The monoisotopic (exact) mass is 344 g/mol. The Balaban J connectivity index is 1.38. The number of nitrogens with zero attached hydrogens (tertiary/aromatic N) is 4. The summed E-state index contributed by atoms with van der Waals surface area (Å²) in [7, 11) is 0. The van der Waals surface area contributed by atoms with Gasteiger partial charge in [0.2, 0.25) is 11.9 Å². The van der Waals surface area contributed by atoms with Crippen molar-refractivity contribution in [2.75, 3.05) is 17.6 Å². The second-order valence-electron chi connectivity index (χ2n) is 6.38. The maximum atomic E-state index is 12.3. The highest BCUT2D eigenvalue weighted by atomic mass is 16.1. The summed E-state index contributed by atoms with van der Waals surface area (Å²) < 4.78 is 0. The van der Waals surface area contributed by atoms with E-state index in [4.69, 9.17) is 5.73 Å². The molecule has 0 aromatic carbocycles. The summed E-state index contributed by atoms with van der Waals surface area (Å²) in [4.78, 5) is 24.8. The van der Waals surface area contributed by atoms with Crippen LogP contribution in [0.1, 0.15) is 37.3 Å². The maximum absolute atomic E-state index is 12.3. The lowest BCUT2D eigenvalue weighted by atomic mass is 9.85. The molecule has 0 saturated heterocycles. The van der Waals surface area contributed by atoms with Crippen molar-refractivity contribution in [3.63, 3.8) is 0 Å². The number of aryl methyl sites for hydroxylation is 1. The van der Waals surface area contributed by atoms with E-state index < -0.39 is 0 Å². The van der Waals surface area contributed by atoms with Crippen LogP contribution in [0.2, 0.25) is 0 Å². The van der Waals surface area contributed by atoms with Gasteiger partial charge in [0, 0.05) is 31.1 Å². The summed E-state index contributed by atoms with van der Waals surface area (Å²) in [6.07, 6.45) is 5.81. The second kappa shape index (κ2) is 7.91. The number of anilines is 2. The summed E-state index contributed by atoms with van der Waals surface area (Å²) in [5, 5.41) is 13.1. The zero-order valence-electron chi connectivity index (χ0n) is 14.3. The van der Waals surface area contributed by atoms with Crippen LogP contribution in [0.25, 0.3) is 0 Å². The van der Waals surface area contributed by atoms with Crippen LogP contribution >= 0.6 is 0 Å². The van der Waals surface area contributed by atoms with Crippen molar-refractivity contribution in [1.82, 2.24) is 30.5 Å². The standard InChI is InChI=1S/C16H24N8O/c1-10-20-14(24-23-10)7-9-18-15(25)11-2-4-12(5-3-11)21-16-19-8-6-13(17)22-16/h6,8,11-12H,2-5,7,9H2,1H3,(H,18,25)(H,20,23,24)(H3,17,19,21,22). The van der Waals surface area contributed by atoms with E-state index >= 15 is 0 Å². The first-order valence-corrected chi connectivity index (χ1v) is 8.61. The van der Waals surface area contributed by atoms with Crippen LogP contribution in [-0.2, 0) is 11.2 Å². The van der Waals surface area contributed by atoms with Crippen molar-refractivity contribution >= 4 is 17.7 Å². The molecule has 1 aliphatic carbocycles. The fourth-order valence-corrected chi connectivity index (χ4v) is 3.07. The highest BCUT2D eigenvalue weighted by Crippen LogP contribution is 2.26. The Morgan fingerprint density at radius 3 is 2.80 bits per heavy atom. The van der Waals surface area contributed by atoms with E-state index in [0.717, 1.165) is 37.3 Å². The zero-order chi connectivity index (χ0) is 17.6. The van der Waals surface area contributed by atoms with E-state index in [9.17, 15) is 4.79 Å². The highest BCUT2D eigenvalue weighted by Gasteiger charge is 2.26. The molecule has 3 rings (SSSR count). The predicted molar refractivity (Wildman–Crippen MR) is 93.6 cm³/mol. The lowest BCUT2D eigenvalue weighted by molar-refractivity contribution is -0.125. The third kappa shape index (κ3) is 4.88. The number of hydrogen-bond acceptors (Lipinski definition) is 7. The molecule has 0 aliphatic heterocycles. The van der Waals surface area contributed by atoms with Crippen molar-refractivity contribution in [1.29, 1.82) is 0 Å². The number of aromatic nitrogens is 5. The fraction of sp³-hybridized carbons (Fsp3) is 0.562. The normalized spacial score (nSPS) is 20.2. The van der Waals surface area contributed by atoms with Gasteiger partial charge in [-0.1, -0.05) is 0 Å². The molecule has 134 valence electrons. The van der Waals surface area contributed by atoms with Gasteiger partial charge in [0.05, 0.1) is 0 Å². The third-order valence-corrected chi connectivity index (χ3v) is 4.40. The molecular weight excluding hydrogens is 320 g/mol. The van der Waals surface area contributed by atoms with E-state index in [1.165, 1.54) is 0 Å². The predicted octanol–water partition coefficient (Wildman–Crippen LogP) is 0.815. The average molecular weight is 344 g/mol. The van der Waals surface area contributed by atoms with Crippen molar-refractivity contribution < 1.29 is 4.79 Å². The van der Waals surface area contributed by atoms with Gasteiger partial charge in [0.15, 0.2) is 5.82 Å². The van der Waals surface area contributed by atoms with Gasteiger partial charge in [0.25, 0.3) is 0 Å². The summed E-state index contributed by atoms with van der Waals surface area (Å²) in [5.74, 6) is 2.70. The van der Waals surface area contributed by atoms with Gasteiger partial charge in [-0.05, 0) is 38.7 Å². The lowest BCUT2D eigenvalue weighted by Gasteiger charge is -2.28. The molecule has 2 aromatic heterocycles. The summed E-state index contributed by atoms with van der Waals surface area (Å²) in [6.45, 7) is 2.42. The number of carbonyl (C=O) groups excluding carboxylic acids is 1. The SMILES string of the molecule is Cc1nc(CCNC(=O)C2CCC(Nc3nccc(N)n3)CC2)n[nH]1. The molecule has 9 heteroatoms. The zero-order valence-corrected chi connectivity index (χ0v) is 14.3. The van der Waals surface area contributed by atoms with Gasteiger partial charge in [0.1, 0.15) is 11.6 Å². The van der Waals surface area contributed by atoms with Crippen LogP contribution in [0.5, 0.6) is 0 Å². The van der Waals surface area contributed by atoms with Gasteiger partial charge >= 0.3 is 0 Å². The smallest absolute Gasteiger partial charge is 0.224 e. The van der Waals surface area contributed by atoms with Gasteiger partial charge < -0.3 is 16.4 Å². The van der Waals surface area contributed by atoms with E-state index in [1.807, 2.05) is 6.92 Å². The van der Waals surface area contributed by atoms with Crippen LogP contribution in [0.3, 0.4) is 0 Å². The lowest BCUT2D eigenvalue weighted by Crippen LogP contribution is -2.37. The molecule has 1 fully saturated rings. The van der Waals surface area contributed by atoms with Crippen molar-refractivity contribution in [2.24, 2.45) is 5.92 Å². The first-order chi connectivity index (χ1) is 12.1. The highest BCUT2D eigenvalue weighted by molar-refractivity contribution is 5.78.